The summed E-state index contributed by atoms with van der Waals surface area (Å²) in [6.07, 6.45) is 2.38. The Morgan fingerprint density at radius 1 is 0.931 bits per heavy atom. The van der Waals surface area contributed by atoms with Crippen molar-refractivity contribution >= 4 is 16.8 Å². The lowest BCUT2D eigenvalue weighted by Crippen LogP contribution is -2.20. The number of pyridine rings is 1. The van der Waals surface area contributed by atoms with E-state index in [0.717, 1.165) is 5.75 Å². The second-order valence-corrected chi connectivity index (χ2v) is 6.43. The Morgan fingerprint density at radius 3 is 2.45 bits per heavy atom. The molecule has 0 aliphatic heterocycles. The lowest BCUT2D eigenvalue weighted by Gasteiger charge is -2.09. The summed E-state index contributed by atoms with van der Waals surface area (Å²) < 4.78 is 8.88. The van der Waals surface area contributed by atoms with Gasteiger partial charge in [-0.25, -0.2) is 0 Å². The number of aryl methyl sites for hydroxylation is 1. The number of aromatic nitrogens is 6. The first-order valence-electron chi connectivity index (χ1n) is 9.20. The van der Waals surface area contributed by atoms with Crippen LogP contribution in [0.2, 0.25) is 0 Å². The van der Waals surface area contributed by atoms with Gasteiger partial charge >= 0.3 is 0 Å². The summed E-state index contributed by atoms with van der Waals surface area (Å²) in [5.41, 5.74) is 1.24. The highest BCUT2D eigenvalue weighted by Crippen LogP contribution is 2.22. The van der Waals surface area contributed by atoms with Gasteiger partial charge in [0.1, 0.15) is 17.0 Å². The van der Waals surface area contributed by atoms with Crippen molar-refractivity contribution in [1.29, 1.82) is 0 Å². The lowest BCUT2D eigenvalue weighted by molar-refractivity contribution is 0.482. The predicted molar refractivity (Wildman–Crippen MR) is 108 cm³/mol. The Bertz CT molecular complexity index is 1370. The maximum absolute atomic E-state index is 13.0. The standard InChI is InChI=1S/C21H16N6O2/c1-2-18-22-21-24-23-19-17(27(21)25-18)12-13-26(20(19)28)14-8-10-16(11-9-14)29-15-6-4-3-5-7-15/h3-13H,2H2,1H3. The highest BCUT2D eigenvalue weighted by atomic mass is 16.5. The molecule has 3 aromatic heterocycles. The van der Waals surface area contributed by atoms with Crippen molar-refractivity contribution in [3.8, 4) is 17.2 Å². The van der Waals surface area contributed by atoms with E-state index < -0.39 is 0 Å². The van der Waals surface area contributed by atoms with Crippen LogP contribution in [-0.4, -0.2) is 29.4 Å². The first-order chi connectivity index (χ1) is 14.2. The van der Waals surface area contributed by atoms with Crippen LogP contribution in [0.15, 0.2) is 71.7 Å². The molecule has 0 spiro atoms. The molecule has 2 aromatic carbocycles. The predicted octanol–water partition coefficient (Wildman–Crippen LogP) is 3.18. The van der Waals surface area contributed by atoms with Gasteiger partial charge in [-0.2, -0.15) is 9.50 Å². The molecular formula is C21H16N6O2. The van der Waals surface area contributed by atoms with Crippen LogP contribution in [0.3, 0.4) is 0 Å². The minimum Gasteiger partial charge on any atom is -0.457 e. The number of para-hydroxylation sites is 1. The van der Waals surface area contributed by atoms with Gasteiger partial charge in [-0.15, -0.1) is 15.3 Å². The molecule has 0 saturated carbocycles. The van der Waals surface area contributed by atoms with Crippen LogP contribution in [0.25, 0.3) is 22.5 Å². The average Bonchev–Trinajstić information content (AvgIpc) is 3.19. The Labute approximate surface area is 165 Å². The van der Waals surface area contributed by atoms with Gasteiger partial charge in [0.2, 0.25) is 0 Å². The Morgan fingerprint density at radius 2 is 1.69 bits per heavy atom. The highest BCUT2D eigenvalue weighted by Gasteiger charge is 2.13. The van der Waals surface area contributed by atoms with E-state index in [1.807, 2.05) is 61.5 Å². The maximum atomic E-state index is 13.0. The van der Waals surface area contributed by atoms with Crippen molar-refractivity contribution in [2.75, 3.05) is 0 Å². The summed E-state index contributed by atoms with van der Waals surface area (Å²) in [6.45, 7) is 1.96. The monoisotopic (exact) mass is 384 g/mol. The Balaban J connectivity index is 1.54. The summed E-state index contributed by atoms with van der Waals surface area (Å²) in [5.74, 6) is 2.48. The molecule has 0 saturated heterocycles. The van der Waals surface area contributed by atoms with Crippen molar-refractivity contribution in [3.05, 3.63) is 83.0 Å². The molecule has 0 aliphatic carbocycles. The van der Waals surface area contributed by atoms with E-state index in [4.69, 9.17) is 4.74 Å². The largest absolute Gasteiger partial charge is 0.457 e. The fourth-order valence-corrected chi connectivity index (χ4v) is 3.10. The molecule has 5 aromatic rings. The summed E-state index contributed by atoms with van der Waals surface area (Å²) in [7, 11) is 0. The third kappa shape index (κ3) is 3.00. The zero-order valence-corrected chi connectivity index (χ0v) is 15.6. The van der Waals surface area contributed by atoms with Crippen LogP contribution < -0.4 is 10.3 Å². The summed E-state index contributed by atoms with van der Waals surface area (Å²) in [5, 5.41) is 12.5. The topological polar surface area (TPSA) is 87.2 Å². The Hall–Kier alpha value is -4.07. The molecule has 3 heterocycles. The molecule has 0 amide bonds. The van der Waals surface area contributed by atoms with E-state index in [1.54, 1.807) is 16.8 Å². The van der Waals surface area contributed by atoms with Crippen LogP contribution in [-0.2, 0) is 6.42 Å². The third-order valence-electron chi connectivity index (χ3n) is 4.56. The van der Waals surface area contributed by atoms with Gasteiger partial charge in [-0.1, -0.05) is 25.1 Å². The van der Waals surface area contributed by atoms with E-state index in [9.17, 15) is 4.79 Å². The lowest BCUT2D eigenvalue weighted by atomic mass is 10.2. The fourth-order valence-electron chi connectivity index (χ4n) is 3.10. The van der Waals surface area contributed by atoms with Gasteiger partial charge < -0.3 is 4.74 Å². The number of hydrogen-bond acceptors (Lipinski definition) is 6. The minimum atomic E-state index is -0.276. The van der Waals surface area contributed by atoms with Crippen LogP contribution in [0.5, 0.6) is 11.5 Å². The SMILES string of the molecule is CCc1nc2nnc3c(=O)n(-c4ccc(Oc5ccccc5)cc4)ccc3n2n1. The molecule has 0 unspecified atom stereocenters. The molecule has 0 fully saturated rings. The van der Waals surface area contributed by atoms with Crippen molar-refractivity contribution < 1.29 is 4.74 Å². The van der Waals surface area contributed by atoms with Gasteiger partial charge in [0.25, 0.3) is 11.3 Å². The molecular weight excluding hydrogens is 368 g/mol. The smallest absolute Gasteiger partial charge is 0.285 e. The van der Waals surface area contributed by atoms with Crippen molar-refractivity contribution in [2.45, 2.75) is 13.3 Å². The molecule has 8 heteroatoms. The van der Waals surface area contributed by atoms with Gasteiger partial charge in [0.05, 0.1) is 0 Å². The fraction of sp³-hybridized carbons (Fsp3) is 0.0952. The van der Waals surface area contributed by atoms with Gasteiger partial charge in [-0.3, -0.25) is 9.36 Å². The summed E-state index contributed by atoms with van der Waals surface area (Å²) >= 11 is 0. The van der Waals surface area contributed by atoms with Crippen LogP contribution >= 0.6 is 0 Å². The number of rotatable bonds is 4. The van der Waals surface area contributed by atoms with E-state index in [0.29, 0.717) is 35.0 Å². The molecule has 0 atom stereocenters. The van der Waals surface area contributed by atoms with E-state index in [1.165, 1.54) is 4.57 Å². The molecule has 0 aliphatic rings. The number of benzene rings is 2. The molecule has 8 nitrogen and oxygen atoms in total. The molecule has 5 rings (SSSR count). The normalized spacial score (nSPS) is 11.2. The summed E-state index contributed by atoms with van der Waals surface area (Å²) in [4.78, 5) is 17.3. The zero-order valence-electron chi connectivity index (χ0n) is 15.6. The van der Waals surface area contributed by atoms with Crippen LogP contribution in [0.1, 0.15) is 12.7 Å². The molecule has 29 heavy (non-hydrogen) atoms. The van der Waals surface area contributed by atoms with E-state index in [2.05, 4.69) is 20.3 Å². The second-order valence-electron chi connectivity index (χ2n) is 6.43. The number of fused-ring (bicyclic) bond motifs is 3. The second kappa shape index (κ2) is 6.83. The number of ether oxygens (including phenoxy) is 1. The van der Waals surface area contributed by atoms with Crippen LogP contribution in [0, 0.1) is 0 Å². The quantitative estimate of drug-likeness (QED) is 0.473. The van der Waals surface area contributed by atoms with Gasteiger partial charge in [0, 0.05) is 18.3 Å². The third-order valence-corrected chi connectivity index (χ3v) is 4.56. The van der Waals surface area contributed by atoms with Gasteiger partial charge in [-0.05, 0) is 42.5 Å². The maximum Gasteiger partial charge on any atom is 0.285 e. The van der Waals surface area contributed by atoms with Crippen molar-refractivity contribution in [3.63, 3.8) is 0 Å². The number of hydrogen-bond donors (Lipinski definition) is 0. The van der Waals surface area contributed by atoms with Crippen LogP contribution in [0.4, 0.5) is 0 Å². The molecule has 142 valence electrons. The van der Waals surface area contributed by atoms with E-state index in [-0.39, 0.29) is 11.1 Å². The first kappa shape index (κ1) is 17.1. The molecule has 0 N–H and O–H groups in total. The minimum absolute atomic E-state index is 0.233. The highest BCUT2D eigenvalue weighted by molar-refractivity contribution is 5.74. The first-order valence-corrected chi connectivity index (χ1v) is 9.20. The summed E-state index contributed by atoms with van der Waals surface area (Å²) in [6, 6.07) is 18.6. The Kier molecular flexibility index (Phi) is 4.02. The van der Waals surface area contributed by atoms with Crippen molar-refractivity contribution in [2.24, 2.45) is 0 Å². The van der Waals surface area contributed by atoms with Gasteiger partial charge in [0.15, 0.2) is 11.3 Å². The van der Waals surface area contributed by atoms with E-state index >= 15 is 0 Å². The number of nitrogens with zero attached hydrogens (tertiary/aromatic N) is 6. The average molecular weight is 384 g/mol. The van der Waals surface area contributed by atoms with Crippen molar-refractivity contribution in [1.82, 2.24) is 29.4 Å². The zero-order chi connectivity index (χ0) is 19.8. The molecule has 0 radical (unpaired) electrons. The molecule has 0 bridgehead atoms.